The van der Waals surface area contributed by atoms with Crippen LogP contribution in [0.25, 0.3) is 17.0 Å². The molecule has 0 aliphatic carbocycles. The van der Waals surface area contributed by atoms with Gasteiger partial charge in [0.05, 0.1) is 29.6 Å². The summed E-state index contributed by atoms with van der Waals surface area (Å²) >= 11 is 8.48. The quantitative estimate of drug-likeness (QED) is 0.333. The molecule has 4 heterocycles. The standard InChI is InChI=1S/C26H27N3O3S3/c1-2-17-6-3-9-21-18(12-22-25(31)29(26(33)35-22)15-19-7-4-10-32-19)14-28(24(17)21)16-23(30)27-13-20-8-5-11-34-20/h3,5-6,8-9,11-12,14,19H,2,4,7,10,13,15-16H2,1H3,(H,27,30)/b22-12-/t19-/m0/s1. The third kappa shape index (κ3) is 5.23. The van der Waals surface area contributed by atoms with E-state index in [1.54, 1.807) is 16.2 Å². The minimum Gasteiger partial charge on any atom is -0.376 e. The van der Waals surface area contributed by atoms with Crippen molar-refractivity contribution in [1.82, 2.24) is 14.8 Å². The number of carbonyl (C=O) groups excluding carboxylic acids is 2. The fraction of sp³-hybridized carbons (Fsp3) is 0.346. The first-order chi connectivity index (χ1) is 17.0. The molecule has 0 spiro atoms. The molecule has 0 saturated carbocycles. The van der Waals surface area contributed by atoms with Gasteiger partial charge in [-0.3, -0.25) is 14.5 Å². The minimum atomic E-state index is -0.0725. The number of ether oxygens (including phenoxy) is 1. The van der Waals surface area contributed by atoms with Crippen LogP contribution in [0.1, 0.15) is 35.8 Å². The van der Waals surface area contributed by atoms with E-state index in [0.29, 0.717) is 22.3 Å². The lowest BCUT2D eigenvalue weighted by Gasteiger charge is -2.18. The number of hydrogen-bond donors (Lipinski definition) is 1. The Hall–Kier alpha value is -2.46. The number of nitrogens with zero attached hydrogens (tertiary/aromatic N) is 2. The molecule has 5 rings (SSSR count). The third-order valence-corrected chi connectivity index (χ3v) is 8.57. The Morgan fingerprint density at radius 3 is 2.94 bits per heavy atom. The van der Waals surface area contributed by atoms with Crippen LogP contribution in [0.5, 0.6) is 0 Å². The number of aryl methyl sites for hydroxylation is 1. The van der Waals surface area contributed by atoms with Gasteiger partial charge in [0.25, 0.3) is 5.91 Å². The minimum absolute atomic E-state index is 0.0457. The highest BCUT2D eigenvalue weighted by molar-refractivity contribution is 8.26. The number of fused-ring (bicyclic) bond motifs is 1. The number of nitrogens with one attached hydrogen (secondary N) is 1. The Bertz CT molecular complexity index is 1290. The van der Waals surface area contributed by atoms with Gasteiger partial charge < -0.3 is 14.6 Å². The topological polar surface area (TPSA) is 63.6 Å². The average molecular weight is 526 g/mol. The maximum Gasteiger partial charge on any atom is 0.266 e. The lowest BCUT2D eigenvalue weighted by atomic mass is 10.1. The first-order valence-electron chi connectivity index (χ1n) is 11.8. The van der Waals surface area contributed by atoms with Crippen LogP contribution in [0.15, 0.2) is 46.8 Å². The van der Waals surface area contributed by atoms with Crippen molar-refractivity contribution < 1.29 is 14.3 Å². The van der Waals surface area contributed by atoms with Gasteiger partial charge in [-0.05, 0) is 42.3 Å². The van der Waals surface area contributed by atoms with Gasteiger partial charge in [0, 0.05) is 28.6 Å². The van der Waals surface area contributed by atoms with Crippen LogP contribution < -0.4 is 5.32 Å². The van der Waals surface area contributed by atoms with Gasteiger partial charge in [-0.15, -0.1) is 11.3 Å². The highest BCUT2D eigenvalue weighted by Crippen LogP contribution is 2.35. The van der Waals surface area contributed by atoms with E-state index in [9.17, 15) is 9.59 Å². The van der Waals surface area contributed by atoms with E-state index in [1.165, 1.54) is 17.3 Å². The van der Waals surface area contributed by atoms with Crippen molar-refractivity contribution in [3.63, 3.8) is 0 Å². The largest absolute Gasteiger partial charge is 0.376 e. The first-order valence-corrected chi connectivity index (χ1v) is 13.9. The summed E-state index contributed by atoms with van der Waals surface area (Å²) in [6, 6.07) is 10.2. The summed E-state index contributed by atoms with van der Waals surface area (Å²) in [5.41, 5.74) is 3.11. The summed E-state index contributed by atoms with van der Waals surface area (Å²) in [5, 5.41) is 6.04. The van der Waals surface area contributed by atoms with Crippen molar-refractivity contribution in [2.75, 3.05) is 13.2 Å². The highest BCUT2D eigenvalue weighted by Gasteiger charge is 2.34. The molecule has 2 fully saturated rings. The van der Waals surface area contributed by atoms with Crippen LogP contribution in [0.4, 0.5) is 0 Å². The number of thioether (sulfide) groups is 1. The maximum absolute atomic E-state index is 13.2. The van der Waals surface area contributed by atoms with Gasteiger partial charge in [0.2, 0.25) is 5.91 Å². The maximum atomic E-state index is 13.2. The lowest BCUT2D eigenvalue weighted by molar-refractivity contribution is -0.123. The van der Waals surface area contributed by atoms with Crippen LogP contribution in [0.2, 0.25) is 0 Å². The monoisotopic (exact) mass is 525 g/mol. The fourth-order valence-electron chi connectivity index (χ4n) is 4.59. The second-order valence-corrected chi connectivity index (χ2v) is 11.4. The zero-order chi connectivity index (χ0) is 24.4. The van der Waals surface area contributed by atoms with E-state index in [4.69, 9.17) is 17.0 Å². The number of thiocarbonyl (C=S) groups is 1. The second kappa shape index (κ2) is 10.7. The molecular formula is C26H27N3O3S3. The van der Waals surface area contributed by atoms with Gasteiger partial charge in [-0.2, -0.15) is 0 Å². The molecule has 0 bridgehead atoms. The normalized spacial score (nSPS) is 19.4. The van der Waals surface area contributed by atoms with E-state index in [0.717, 1.165) is 47.2 Å². The van der Waals surface area contributed by atoms with Gasteiger partial charge in [0.1, 0.15) is 10.9 Å². The number of amides is 2. The average Bonchev–Trinajstić information content (AvgIpc) is 3.65. The van der Waals surface area contributed by atoms with Gasteiger partial charge in [0.15, 0.2) is 0 Å². The lowest BCUT2D eigenvalue weighted by Crippen LogP contribution is -2.35. The number of para-hydroxylation sites is 1. The smallest absolute Gasteiger partial charge is 0.266 e. The van der Waals surface area contributed by atoms with E-state index in [1.807, 2.05) is 46.5 Å². The van der Waals surface area contributed by atoms with Crippen LogP contribution >= 0.6 is 35.3 Å². The zero-order valence-electron chi connectivity index (χ0n) is 19.5. The van der Waals surface area contributed by atoms with E-state index < -0.39 is 0 Å². The number of thiophene rings is 1. The predicted octanol–water partition coefficient (Wildman–Crippen LogP) is 4.96. The van der Waals surface area contributed by atoms with Crippen molar-refractivity contribution >= 4 is 68.4 Å². The molecule has 2 aliphatic rings. The van der Waals surface area contributed by atoms with Crippen LogP contribution in [0.3, 0.4) is 0 Å². The molecule has 1 N–H and O–H groups in total. The Kier molecular flexibility index (Phi) is 7.38. The molecule has 1 atom stereocenters. The molecule has 9 heteroatoms. The number of aromatic nitrogens is 1. The molecule has 2 aromatic heterocycles. The molecule has 182 valence electrons. The summed E-state index contributed by atoms with van der Waals surface area (Å²) < 4.78 is 8.28. The Morgan fingerprint density at radius 1 is 1.31 bits per heavy atom. The van der Waals surface area contributed by atoms with E-state index >= 15 is 0 Å². The molecule has 2 amide bonds. The van der Waals surface area contributed by atoms with Crippen molar-refractivity contribution in [2.45, 2.75) is 45.4 Å². The van der Waals surface area contributed by atoms with Gasteiger partial charge in [-0.1, -0.05) is 55.2 Å². The van der Waals surface area contributed by atoms with Crippen LogP contribution in [0, 0.1) is 0 Å². The molecule has 2 aliphatic heterocycles. The molecule has 6 nitrogen and oxygen atoms in total. The molecule has 3 aromatic rings. The Balaban J connectivity index is 1.41. The third-order valence-electron chi connectivity index (χ3n) is 6.32. The molecule has 1 aromatic carbocycles. The fourth-order valence-corrected chi connectivity index (χ4v) is 6.50. The van der Waals surface area contributed by atoms with Crippen molar-refractivity contribution in [2.24, 2.45) is 0 Å². The number of hydrogen-bond acceptors (Lipinski definition) is 6. The number of rotatable bonds is 8. The van der Waals surface area contributed by atoms with Crippen molar-refractivity contribution in [3.05, 3.63) is 62.8 Å². The van der Waals surface area contributed by atoms with Gasteiger partial charge >= 0.3 is 0 Å². The number of benzene rings is 1. The summed E-state index contributed by atoms with van der Waals surface area (Å²) in [4.78, 5) is 29.3. The van der Waals surface area contributed by atoms with Crippen molar-refractivity contribution in [1.29, 1.82) is 0 Å². The van der Waals surface area contributed by atoms with Crippen LogP contribution in [-0.2, 0) is 33.8 Å². The SMILES string of the molecule is CCc1cccc2c(/C=C3\SC(=S)N(C[C@@H]4CCCO4)C3=O)cn(CC(=O)NCc3cccs3)c12. The summed E-state index contributed by atoms with van der Waals surface area (Å²) in [6.07, 6.45) is 6.77. The molecule has 0 radical (unpaired) electrons. The summed E-state index contributed by atoms with van der Waals surface area (Å²) in [7, 11) is 0. The highest BCUT2D eigenvalue weighted by atomic mass is 32.2. The van der Waals surface area contributed by atoms with E-state index in [-0.39, 0.29) is 24.5 Å². The Morgan fingerprint density at radius 2 is 2.20 bits per heavy atom. The second-order valence-electron chi connectivity index (χ2n) is 8.66. The van der Waals surface area contributed by atoms with Gasteiger partial charge in [-0.25, -0.2) is 0 Å². The predicted molar refractivity (Wildman–Crippen MR) is 146 cm³/mol. The summed E-state index contributed by atoms with van der Waals surface area (Å²) in [6.45, 7) is 4.10. The number of carbonyl (C=O) groups is 2. The van der Waals surface area contributed by atoms with Crippen molar-refractivity contribution in [3.8, 4) is 0 Å². The van der Waals surface area contributed by atoms with E-state index in [2.05, 4.69) is 18.3 Å². The zero-order valence-corrected chi connectivity index (χ0v) is 21.9. The molecule has 0 unspecified atom stereocenters. The summed E-state index contributed by atoms with van der Waals surface area (Å²) in [5.74, 6) is -0.118. The molecule has 2 saturated heterocycles. The first kappa shape index (κ1) is 24.2. The van der Waals surface area contributed by atoms with Crippen LogP contribution in [-0.4, -0.2) is 44.9 Å². The molecule has 35 heavy (non-hydrogen) atoms. The Labute approximate surface area is 218 Å². The molecular weight excluding hydrogens is 499 g/mol.